The van der Waals surface area contributed by atoms with E-state index < -0.39 is 23.8 Å². The summed E-state index contributed by atoms with van der Waals surface area (Å²) in [7, 11) is 0. The number of hydrogen-bond donors (Lipinski definition) is 2. The molecular formula is C34H41F3N6OS. The van der Waals surface area contributed by atoms with Gasteiger partial charge in [0.25, 0.3) is 0 Å². The summed E-state index contributed by atoms with van der Waals surface area (Å²) < 4.78 is 43.9. The molecule has 1 fully saturated rings. The number of carbonyl (C=O) groups excluding carboxylic acids is 1. The van der Waals surface area contributed by atoms with Gasteiger partial charge in [-0.1, -0.05) is 69.9 Å². The molecule has 0 spiro atoms. The Hall–Kier alpha value is -3.75. The van der Waals surface area contributed by atoms with E-state index in [0.29, 0.717) is 24.2 Å². The summed E-state index contributed by atoms with van der Waals surface area (Å²) in [6.07, 6.45) is 3.55. The van der Waals surface area contributed by atoms with Gasteiger partial charge in [-0.3, -0.25) is 4.79 Å². The molecule has 3 aromatic rings. The maximum atomic E-state index is 14.1. The van der Waals surface area contributed by atoms with E-state index in [-0.39, 0.29) is 41.4 Å². The van der Waals surface area contributed by atoms with E-state index in [9.17, 15) is 18.0 Å². The third-order valence-corrected chi connectivity index (χ3v) is 9.16. The summed E-state index contributed by atoms with van der Waals surface area (Å²) in [5.41, 5.74) is 8.42. The van der Waals surface area contributed by atoms with Crippen LogP contribution in [0.25, 0.3) is 0 Å². The van der Waals surface area contributed by atoms with Gasteiger partial charge in [0.2, 0.25) is 0 Å². The van der Waals surface area contributed by atoms with Crippen LogP contribution in [0.15, 0.2) is 61.1 Å². The molecule has 0 bridgehead atoms. The molecule has 1 aliphatic rings. The maximum Gasteiger partial charge on any atom is 0.416 e. The monoisotopic (exact) mass is 638 g/mol. The minimum absolute atomic E-state index is 0.0455. The lowest BCUT2D eigenvalue weighted by Gasteiger charge is -2.40. The van der Waals surface area contributed by atoms with Crippen molar-refractivity contribution in [1.29, 1.82) is 5.26 Å². The Morgan fingerprint density at radius 3 is 2.51 bits per heavy atom. The number of aromatic nitrogens is 2. The van der Waals surface area contributed by atoms with Crippen LogP contribution in [0.5, 0.6) is 0 Å². The first-order valence-electron chi connectivity index (χ1n) is 15.5. The Morgan fingerprint density at radius 2 is 1.87 bits per heavy atom. The number of rotatable bonds is 12. The van der Waals surface area contributed by atoms with Crippen molar-refractivity contribution >= 4 is 23.1 Å². The average Bonchev–Trinajstić information content (AvgIpc) is 3.46. The summed E-state index contributed by atoms with van der Waals surface area (Å²) in [6.45, 7) is 4.18. The molecule has 4 rings (SSSR count). The first kappa shape index (κ1) is 34.1. The molecule has 0 saturated heterocycles. The highest BCUT2D eigenvalue weighted by atomic mass is 32.1. The number of ketones is 1. The van der Waals surface area contributed by atoms with Crippen LogP contribution in [0.2, 0.25) is 0 Å². The highest BCUT2D eigenvalue weighted by molar-refractivity contribution is 7.80. The van der Waals surface area contributed by atoms with Crippen LogP contribution >= 0.6 is 12.2 Å². The Labute approximate surface area is 268 Å². The van der Waals surface area contributed by atoms with Crippen molar-refractivity contribution in [1.82, 2.24) is 19.8 Å². The van der Waals surface area contributed by atoms with Crippen molar-refractivity contribution in [3.8, 4) is 6.07 Å². The van der Waals surface area contributed by atoms with Gasteiger partial charge in [-0.25, -0.2) is 4.98 Å². The van der Waals surface area contributed by atoms with E-state index in [4.69, 9.17) is 23.2 Å². The molecule has 1 unspecified atom stereocenters. The van der Waals surface area contributed by atoms with Gasteiger partial charge in [0.05, 0.1) is 35.6 Å². The molecule has 240 valence electrons. The van der Waals surface area contributed by atoms with Crippen molar-refractivity contribution in [2.24, 2.45) is 17.6 Å². The number of Topliss-reactive ketones (excluding diaryl/α,β-unsaturated/α-hetero) is 1. The summed E-state index contributed by atoms with van der Waals surface area (Å²) in [5.74, 6) is -1.01. The van der Waals surface area contributed by atoms with Gasteiger partial charge in [-0.2, -0.15) is 18.4 Å². The molecule has 3 N–H and O–H groups in total. The van der Waals surface area contributed by atoms with Crippen molar-refractivity contribution in [3.05, 3.63) is 89.0 Å². The third kappa shape index (κ3) is 8.92. The van der Waals surface area contributed by atoms with E-state index >= 15 is 0 Å². The lowest BCUT2D eigenvalue weighted by atomic mass is 9.83. The number of imidazole rings is 1. The van der Waals surface area contributed by atoms with Crippen molar-refractivity contribution in [3.63, 3.8) is 0 Å². The van der Waals surface area contributed by atoms with Gasteiger partial charge in [0.1, 0.15) is 5.78 Å². The second kappa shape index (κ2) is 15.5. The molecule has 0 aliphatic heterocycles. The van der Waals surface area contributed by atoms with Gasteiger partial charge < -0.3 is 20.5 Å². The smallest absolute Gasteiger partial charge is 0.360 e. The number of nitrogens with zero attached hydrogens (tertiary/aromatic N) is 4. The van der Waals surface area contributed by atoms with Gasteiger partial charge in [0.15, 0.2) is 5.11 Å². The standard InChI is InChI=1S/C34H41F3N6OS/c1-3-23(2)31(30(44)17-28-19-40-22-42(28)20-25-15-13-24(18-38)14-16-25)32(39)43(33(45)41-27-10-5-4-6-11-27)21-26-9-7-8-12-29(26)34(35,36)37/h7-9,12-16,19,22-23,27,31-32H,3-6,10-11,17,20-21,39H2,1-2H3,(H,41,45)/t23-,31+,32?/m0/s1. The molecule has 11 heteroatoms. The van der Waals surface area contributed by atoms with Gasteiger partial charge >= 0.3 is 6.18 Å². The molecule has 1 saturated carbocycles. The minimum Gasteiger partial charge on any atom is -0.360 e. The lowest BCUT2D eigenvalue weighted by molar-refractivity contribution is -0.138. The normalized spacial score (nSPS) is 15.9. The average molecular weight is 639 g/mol. The molecule has 3 atom stereocenters. The van der Waals surface area contributed by atoms with E-state index in [1.807, 2.05) is 30.5 Å². The molecule has 0 amide bonds. The molecule has 1 heterocycles. The number of carbonyl (C=O) groups is 1. The van der Waals surface area contributed by atoms with E-state index in [2.05, 4.69) is 16.4 Å². The lowest BCUT2D eigenvalue weighted by Crippen LogP contribution is -2.57. The predicted octanol–water partition coefficient (Wildman–Crippen LogP) is 6.59. The topological polar surface area (TPSA) is 100.0 Å². The van der Waals surface area contributed by atoms with Crippen molar-refractivity contribution < 1.29 is 18.0 Å². The Bertz CT molecular complexity index is 1480. The van der Waals surface area contributed by atoms with Crippen molar-refractivity contribution in [2.75, 3.05) is 0 Å². The summed E-state index contributed by atoms with van der Waals surface area (Å²) in [4.78, 5) is 20.0. The Morgan fingerprint density at radius 1 is 1.18 bits per heavy atom. The largest absolute Gasteiger partial charge is 0.416 e. The van der Waals surface area contributed by atoms with Gasteiger partial charge in [-0.15, -0.1) is 0 Å². The fourth-order valence-electron chi connectivity index (χ4n) is 6.04. The summed E-state index contributed by atoms with van der Waals surface area (Å²) in [5, 5.41) is 12.7. The molecule has 1 aliphatic carbocycles. The zero-order valence-corrected chi connectivity index (χ0v) is 26.6. The first-order valence-corrected chi connectivity index (χ1v) is 15.9. The first-order chi connectivity index (χ1) is 21.5. The zero-order valence-electron chi connectivity index (χ0n) is 25.8. The zero-order chi connectivity index (χ0) is 32.6. The van der Waals surface area contributed by atoms with Crippen LogP contribution in [0.4, 0.5) is 13.2 Å². The number of nitrogens with two attached hydrogens (primary N) is 1. The number of nitrogens with one attached hydrogen (secondary N) is 1. The molecule has 0 radical (unpaired) electrons. The molecule has 7 nitrogen and oxygen atoms in total. The fraction of sp³-hybridized carbons (Fsp3) is 0.471. The molecule has 1 aromatic heterocycles. The van der Waals surface area contributed by atoms with Gasteiger partial charge in [-0.05, 0) is 60.3 Å². The van der Waals surface area contributed by atoms with Gasteiger partial charge in [0, 0.05) is 37.4 Å². The second-order valence-electron chi connectivity index (χ2n) is 11.9. The van der Waals surface area contributed by atoms with Crippen LogP contribution in [0.3, 0.4) is 0 Å². The Balaban J connectivity index is 1.61. The summed E-state index contributed by atoms with van der Waals surface area (Å²) in [6, 6.07) is 14.8. The third-order valence-electron chi connectivity index (χ3n) is 8.80. The van der Waals surface area contributed by atoms with Crippen LogP contribution in [-0.2, 0) is 30.5 Å². The highest BCUT2D eigenvalue weighted by Gasteiger charge is 2.38. The van der Waals surface area contributed by atoms with Crippen LogP contribution < -0.4 is 11.1 Å². The number of hydrogen-bond acceptors (Lipinski definition) is 5. The van der Waals surface area contributed by atoms with E-state index in [1.165, 1.54) is 12.1 Å². The second-order valence-corrected chi connectivity index (χ2v) is 12.3. The molecular weight excluding hydrogens is 597 g/mol. The number of nitriles is 1. The summed E-state index contributed by atoms with van der Waals surface area (Å²) >= 11 is 5.83. The fourth-order valence-corrected chi connectivity index (χ4v) is 6.40. The SMILES string of the molecule is CC[C@H](C)[C@H](C(=O)Cc1cncn1Cc1ccc(C#N)cc1)C(N)N(Cc1ccccc1C(F)(F)F)C(=S)NC1CCCCC1. The Kier molecular flexibility index (Phi) is 11.8. The molecule has 2 aromatic carbocycles. The molecule has 45 heavy (non-hydrogen) atoms. The van der Waals surface area contributed by atoms with Crippen LogP contribution in [0.1, 0.15) is 80.3 Å². The number of thiocarbonyl (C=S) groups is 1. The highest BCUT2D eigenvalue weighted by Crippen LogP contribution is 2.33. The number of benzene rings is 2. The maximum absolute atomic E-state index is 14.1. The van der Waals surface area contributed by atoms with Crippen LogP contribution in [-0.4, -0.2) is 37.6 Å². The van der Waals surface area contributed by atoms with Crippen molar-refractivity contribution in [2.45, 2.75) is 90.3 Å². The van der Waals surface area contributed by atoms with E-state index in [0.717, 1.165) is 43.7 Å². The minimum atomic E-state index is -4.55. The quantitative estimate of drug-likeness (QED) is 0.171. The number of alkyl halides is 3. The van der Waals surface area contributed by atoms with Crippen LogP contribution in [0, 0.1) is 23.2 Å². The van der Waals surface area contributed by atoms with E-state index in [1.54, 1.807) is 35.6 Å². The predicted molar refractivity (Wildman–Crippen MR) is 172 cm³/mol. The number of halogens is 3.